The van der Waals surface area contributed by atoms with Crippen molar-refractivity contribution in [3.8, 4) is 0 Å². The fourth-order valence-electron chi connectivity index (χ4n) is 4.44. The Balaban J connectivity index is 1.41. The third kappa shape index (κ3) is 5.80. The highest BCUT2D eigenvalue weighted by atomic mass is 19.1. The van der Waals surface area contributed by atoms with Gasteiger partial charge in [0.25, 0.3) is 5.69 Å². The van der Waals surface area contributed by atoms with Crippen LogP contribution in [0.2, 0.25) is 0 Å². The molecule has 0 fully saturated rings. The summed E-state index contributed by atoms with van der Waals surface area (Å²) in [6, 6.07) is 17.0. The van der Waals surface area contributed by atoms with E-state index in [1.165, 1.54) is 18.2 Å². The van der Waals surface area contributed by atoms with Crippen molar-refractivity contribution < 1.29 is 13.7 Å². The zero-order valence-electron chi connectivity index (χ0n) is 18.6. The number of rotatable bonds is 8. The smallest absolute Gasteiger partial charge is 0.272 e. The molecule has 3 aromatic carbocycles. The zero-order valence-corrected chi connectivity index (χ0v) is 18.6. The van der Waals surface area contributed by atoms with Crippen LogP contribution in [0.15, 0.2) is 60.7 Å². The van der Waals surface area contributed by atoms with Crippen LogP contribution < -0.4 is 5.32 Å². The zero-order chi connectivity index (χ0) is 23.4. The van der Waals surface area contributed by atoms with Crippen molar-refractivity contribution in [1.29, 1.82) is 0 Å². The van der Waals surface area contributed by atoms with E-state index in [1.807, 2.05) is 12.1 Å². The molecular formula is C26H27F2N3O2. The molecule has 1 atom stereocenters. The highest BCUT2D eigenvalue weighted by Gasteiger charge is 2.26. The van der Waals surface area contributed by atoms with Gasteiger partial charge < -0.3 is 5.32 Å². The Hall–Kier alpha value is -3.16. The molecule has 0 saturated carbocycles. The molecule has 4 rings (SSSR count). The van der Waals surface area contributed by atoms with Gasteiger partial charge in [0, 0.05) is 43.9 Å². The number of nitro groups is 1. The van der Waals surface area contributed by atoms with Crippen molar-refractivity contribution in [2.75, 3.05) is 13.1 Å². The van der Waals surface area contributed by atoms with E-state index in [1.54, 1.807) is 37.3 Å². The summed E-state index contributed by atoms with van der Waals surface area (Å²) in [7, 11) is 0. The lowest BCUT2D eigenvalue weighted by molar-refractivity contribution is -0.385. The van der Waals surface area contributed by atoms with Gasteiger partial charge in [-0.05, 0) is 66.3 Å². The van der Waals surface area contributed by atoms with Gasteiger partial charge in [0.05, 0.1) is 4.92 Å². The topological polar surface area (TPSA) is 58.4 Å². The normalized spacial score (nSPS) is 15.9. The SMILES string of the molecule is Cc1ccc(CNCCN2Cc3ccc(F)cc3CC2Cc2ccc(F)cc2)cc1[N+](=O)[O-]. The van der Waals surface area contributed by atoms with Gasteiger partial charge in [-0.15, -0.1) is 0 Å². The molecule has 33 heavy (non-hydrogen) atoms. The largest absolute Gasteiger partial charge is 0.311 e. The number of nitro benzene ring substituents is 1. The molecule has 5 nitrogen and oxygen atoms in total. The highest BCUT2D eigenvalue weighted by Crippen LogP contribution is 2.26. The number of halogens is 2. The fourth-order valence-corrected chi connectivity index (χ4v) is 4.44. The second-order valence-corrected chi connectivity index (χ2v) is 8.63. The predicted octanol–water partition coefficient (Wildman–Crippen LogP) is 4.94. The van der Waals surface area contributed by atoms with Crippen LogP contribution in [-0.2, 0) is 25.9 Å². The first-order valence-electron chi connectivity index (χ1n) is 11.1. The van der Waals surface area contributed by atoms with Crippen LogP contribution in [-0.4, -0.2) is 29.0 Å². The Kier molecular flexibility index (Phi) is 7.11. The first kappa shape index (κ1) is 23.0. The molecule has 0 radical (unpaired) electrons. The minimum atomic E-state index is -0.354. The summed E-state index contributed by atoms with van der Waals surface area (Å²) in [6.45, 7) is 4.48. The second-order valence-electron chi connectivity index (χ2n) is 8.63. The van der Waals surface area contributed by atoms with Crippen LogP contribution >= 0.6 is 0 Å². The first-order chi connectivity index (χ1) is 15.9. The van der Waals surface area contributed by atoms with Gasteiger partial charge in [-0.2, -0.15) is 0 Å². The van der Waals surface area contributed by atoms with E-state index in [4.69, 9.17) is 0 Å². The first-order valence-corrected chi connectivity index (χ1v) is 11.1. The molecule has 0 amide bonds. The fraction of sp³-hybridized carbons (Fsp3) is 0.308. The lowest BCUT2D eigenvalue weighted by atomic mass is 9.90. The van der Waals surface area contributed by atoms with Crippen molar-refractivity contribution in [3.63, 3.8) is 0 Å². The van der Waals surface area contributed by atoms with Crippen molar-refractivity contribution >= 4 is 5.69 Å². The van der Waals surface area contributed by atoms with Gasteiger partial charge in [0.1, 0.15) is 11.6 Å². The van der Waals surface area contributed by atoms with E-state index in [-0.39, 0.29) is 28.3 Å². The summed E-state index contributed by atoms with van der Waals surface area (Å²) in [5, 5.41) is 14.6. The van der Waals surface area contributed by atoms with Crippen LogP contribution in [0.25, 0.3) is 0 Å². The number of nitrogens with zero attached hydrogens (tertiary/aromatic N) is 2. The molecule has 0 aromatic heterocycles. The molecule has 0 aliphatic carbocycles. The Morgan fingerprint density at radius 2 is 1.73 bits per heavy atom. The Morgan fingerprint density at radius 1 is 1.00 bits per heavy atom. The lowest BCUT2D eigenvalue weighted by Gasteiger charge is -2.37. The molecule has 1 unspecified atom stereocenters. The number of hydrogen-bond acceptors (Lipinski definition) is 4. The molecule has 0 spiro atoms. The predicted molar refractivity (Wildman–Crippen MR) is 124 cm³/mol. The molecule has 0 saturated heterocycles. The summed E-state index contributed by atoms with van der Waals surface area (Å²) in [5.41, 5.74) is 4.85. The third-order valence-corrected chi connectivity index (χ3v) is 6.27. The molecule has 0 bridgehead atoms. The number of aryl methyl sites for hydroxylation is 1. The minimum absolute atomic E-state index is 0.133. The Morgan fingerprint density at radius 3 is 2.48 bits per heavy atom. The lowest BCUT2D eigenvalue weighted by Crippen LogP contribution is -2.44. The van der Waals surface area contributed by atoms with E-state index in [2.05, 4.69) is 10.2 Å². The minimum Gasteiger partial charge on any atom is -0.311 e. The van der Waals surface area contributed by atoms with Crippen molar-refractivity contribution in [3.05, 3.63) is 110 Å². The van der Waals surface area contributed by atoms with Gasteiger partial charge in [0.2, 0.25) is 0 Å². The van der Waals surface area contributed by atoms with E-state index in [0.717, 1.165) is 48.2 Å². The van der Waals surface area contributed by atoms with Crippen LogP contribution in [0.1, 0.15) is 27.8 Å². The maximum absolute atomic E-state index is 13.8. The third-order valence-electron chi connectivity index (χ3n) is 6.27. The quantitative estimate of drug-likeness (QED) is 0.299. The van der Waals surface area contributed by atoms with Crippen molar-refractivity contribution in [2.45, 2.75) is 38.9 Å². The van der Waals surface area contributed by atoms with Gasteiger partial charge in [0.15, 0.2) is 0 Å². The van der Waals surface area contributed by atoms with Crippen molar-refractivity contribution in [1.82, 2.24) is 10.2 Å². The molecule has 7 heteroatoms. The van der Waals surface area contributed by atoms with E-state index in [0.29, 0.717) is 18.7 Å². The average Bonchev–Trinajstić information content (AvgIpc) is 2.79. The molecule has 1 N–H and O–H groups in total. The molecular weight excluding hydrogens is 424 g/mol. The molecule has 172 valence electrons. The van der Waals surface area contributed by atoms with E-state index < -0.39 is 0 Å². The van der Waals surface area contributed by atoms with Gasteiger partial charge >= 0.3 is 0 Å². The standard InChI is InChI=1S/C26H27F2N3O2/c1-18-2-3-20(13-26(18)31(32)33)16-29-10-11-30-17-21-6-9-24(28)14-22(21)15-25(30)12-19-4-7-23(27)8-5-19/h2-9,13-14,25,29H,10-12,15-17H2,1H3. The summed E-state index contributed by atoms with van der Waals surface area (Å²) in [6.07, 6.45) is 1.48. The van der Waals surface area contributed by atoms with E-state index in [9.17, 15) is 18.9 Å². The van der Waals surface area contributed by atoms with Gasteiger partial charge in [-0.25, -0.2) is 8.78 Å². The van der Waals surface area contributed by atoms with Gasteiger partial charge in [-0.1, -0.05) is 30.3 Å². The molecule has 3 aromatic rings. The van der Waals surface area contributed by atoms with Gasteiger partial charge in [-0.3, -0.25) is 15.0 Å². The summed E-state index contributed by atoms with van der Waals surface area (Å²) in [5.74, 6) is -0.483. The summed E-state index contributed by atoms with van der Waals surface area (Å²) < 4.78 is 27.1. The number of benzene rings is 3. The number of nitrogens with one attached hydrogen (secondary N) is 1. The average molecular weight is 452 g/mol. The van der Waals surface area contributed by atoms with Crippen molar-refractivity contribution in [2.24, 2.45) is 0 Å². The monoisotopic (exact) mass is 451 g/mol. The number of fused-ring (bicyclic) bond motifs is 1. The molecule has 1 heterocycles. The summed E-state index contributed by atoms with van der Waals surface area (Å²) in [4.78, 5) is 13.2. The number of hydrogen-bond donors (Lipinski definition) is 1. The highest BCUT2D eigenvalue weighted by molar-refractivity contribution is 5.42. The van der Waals surface area contributed by atoms with Crippen LogP contribution in [0, 0.1) is 28.7 Å². The second kappa shape index (κ2) is 10.2. The summed E-state index contributed by atoms with van der Waals surface area (Å²) >= 11 is 0. The van der Waals surface area contributed by atoms with Crippen LogP contribution in [0.3, 0.4) is 0 Å². The molecule has 1 aliphatic heterocycles. The Bertz CT molecular complexity index is 1130. The maximum atomic E-state index is 13.8. The molecule has 1 aliphatic rings. The maximum Gasteiger partial charge on any atom is 0.272 e. The van der Waals surface area contributed by atoms with Crippen LogP contribution in [0.4, 0.5) is 14.5 Å². The van der Waals surface area contributed by atoms with E-state index >= 15 is 0 Å². The Labute approximate surface area is 192 Å². The van der Waals surface area contributed by atoms with Crippen LogP contribution in [0.5, 0.6) is 0 Å².